The Morgan fingerprint density at radius 2 is 1.76 bits per heavy atom. The standard InChI is InChI=1S/C12H13F3N2O3S/c1-6-4-17(5-8(6)12(16)18)21(19,20)11-9(14)2-7(13)3-10(11)15/h2-3,6,8H,4-5H2,1H3,(H2,16,18)/t6-,8-/m1/s1. The van der Waals surface area contributed by atoms with E-state index >= 15 is 0 Å². The molecule has 1 fully saturated rings. The van der Waals surface area contributed by atoms with E-state index in [1.54, 1.807) is 6.92 Å². The number of nitrogens with zero attached hydrogens (tertiary/aromatic N) is 1. The summed E-state index contributed by atoms with van der Waals surface area (Å²) in [5, 5.41) is 0. The van der Waals surface area contributed by atoms with Crippen LogP contribution in [0.1, 0.15) is 6.92 Å². The van der Waals surface area contributed by atoms with Gasteiger partial charge in [-0.05, 0) is 5.92 Å². The summed E-state index contributed by atoms with van der Waals surface area (Å²) >= 11 is 0. The van der Waals surface area contributed by atoms with Crippen molar-refractivity contribution in [1.29, 1.82) is 0 Å². The molecule has 5 nitrogen and oxygen atoms in total. The van der Waals surface area contributed by atoms with E-state index in [0.29, 0.717) is 12.1 Å². The second kappa shape index (κ2) is 5.30. The summed E-state index contributed by atoms with van der Waals surface area (Å²) in [5.41, 5.74) is 5.15. The first-order valence-electron chi connectivity index (χ1n) is 6.08. The molecule has 1 aromatic rings. The molecular weight excluding hydrogens is 309 g/mol. The number of amides is 1. The first-order chi connectivity index (χ1) is 9.64. The fraction of sp³-hybridized carbons (Fsp3) is 0.417. The van der Waals surface area contributed by atoms with E-state index in [-0.39, 0.29) is 19.0 Å². The molecule has 0 bridgehead atoms. The molecule has 21 heavy (non-hydrogen) atoms. The number of carbonyl (C=O) groups excluding carboxylic acids is 1. The van der Waals surface area contributed by atoms with Crippen LogP contribution in [0.25, 0.3) is 0 Å². The Morgan fingerprint density at radius 3 is 2.19 bits per heavy atom. The van der Waals surface area contributed by atoms with Gasteiger partial charge in [0, 0.05) is 25.2 Å². The van der Waals surface area contributed by atoms with Crippen LogP contribution in [0.3, 0.4) is 0 Å². The van der Waals surface area contributed by atoms with Gasteiger partial charge in [-0.2, -0.15) is 4.31 Å². The van der Waals surface area contributed by atoms with E-state index in [2.05, 4.69) is 0 Å². The lowest BCUT2D eigenvalue weighted by atomic mass is 9.98. The maximum Gasteiger partial charge on any atom is 0.248 e. The molecule has 2 N–H and O–H groups in total. The molecule has 1 aliphatic rings. The first-order valence-corrected chi connectivity index (χ1v) is 7.52. The zero-order valence-corrected chi connectivity index (χ0v) is 11.8. The van der Waals surface area contributed by atoms with Gasteiger partial charge in [0.1, 0.15) is 17.5 Å². The number of benzene rings is 1. The van der Waals surface area contributed by atoms with E-state index in [4.69, 9.17) is 5.73 Å². The van der Waals surface area contributed by atoms with Crippen molar-refractivity contribution in [3.8, 4) is 0 Å². The molecular formula is C12H13F3N2O3S. The number of halogens is 3. The summed E-state index contributed by atoms with van der Waals surface area (Å²) in [6.45, 7) is 1.27. The second-order valence-electron chi connectivity index (χ2n) is 5.01. The van der Waals surface area contributed by atoms with Crippen LogP contribution in [0, 0.1) is 29.3 Å². The van der Waals surface area contributed by atoms with Crippen molar-refractivity contribution in [1.82, 2.24) is 4.31 Å². The minimum absolute atomic E-state index is 0.0911. The summed E-state index contributed by atoms with van der Waals surface area (Å²) < 4.78 is 65.5. The van der Waals surface area contributed by atoms with E-state index in [0.717, 1.165) is 4.31 Å². The van der Waals surface area contributed by atoms with Gasteiger partial charge in [0.25, 0.3) is 0 Å². The Bertz CT molecular complexity index is 670. The second-order valence-corrected chi connectivity index (χ2v) is 6.88. The van der Waals surface area contributed by atoms with Gasteiger partial charge in [-0.15, -0.1) is 0 Å². The maximum atomic E-state index is 13.6. The third-order valence-corrected chi connectivity index (χ3v) is 5.39. The molecule has 1 amide bonds. The molecule has 1 heterocycles. The van der Waals surface area contributed by atoms with Crippen molar-refractivity contribution in [3.63, 3.8) is 0 Å². The van der Waals surface area contributed by atoms with Crippen LogP contribution in [0.2, 0.25) is 0 Å². The van der Waals surface area contributed by atoms with Gasteiger partial charge in [0.2, 0.25) is 15.9 Å². The first kappa shape index (κ1) is 15.8. The average Bonchev–Trinajstić information content (AvgIpc) is 2.70. The molecule has 0 unspecified atom stereocenters. The third kappa shape index (κ3) is 2.75. The fourth-order valence-electron chi connectivity index (χ4n) is 2.39. The van der Waals surface area contributed by atoms with Crippen molar-refractivity contribution in [2.45, 2.75) is 11.8 Å². The van der Waals surface area contributed by atoms with Crippen LogP contribution >= 0.6 is 0 Å². The van der Waals surface area contributed by atoms with Crippen molar-refractivity contribution >= 4 is 15.9 Å². The predicted molar refractivity (Wildman–Crippen MR) is 66.9 cm³/mol. The molecule has 1 saturated heterocycles. The van der Waals surface area contributed by atoms with E-state index in [1.807, 2.05) is 0 Å². The van der Waals surface area contributed by atoms with Crippen LogP contribution in [0.5, 0.6) is 0 Å². The summed E-state index contributed by atoms with van der Waals surface area (Å²) in [6, 6.07) is 0.585. The molecule has 1 aromatic carbocycles. The van der Waals surface area contributed by atoms with Gasteiger partial charge in [-0.1, -0.05) is 6.92 Å². The largest absolute Gasteiger partial charge is 0.369 e. The smallest absolute Gasteiger partial charge is 0.248 e. The lowest BCUT2D eigenvalue weighted by Crippen LogP contribution is -2.33. The molecule has 0 saturated carbocycles. The number of primary amides is 1. The van der Waals surface area contributed by atoms with Gasteiger partial charge in [0.05, 0.1) is 5.92 Å². The molecule has 0 aliphatic carbocycles. The summed E-state index contributed by atoms with van der Waals surface area (Å²) in [6.07, 6.45) is 0. The Kier molecular flexibility index (Phi) is 3.98. The maximum absolute atomic E-state index is 13.6. The number of nitrogens with two attached hydrogens (primary N) is 1. The number of sulfonamides is 1. The number of carbonyl (C=O) groups is 1. The van der Waals surface area contributed by atoms with Crippen molar-refractivity contribution in [2.75, 3.05) is 13.1 Å². The number of rotatable bonds is 3. The molecule has 9 heteroatoms. The van der Waals surface area contributed by atoms with E-state index < -0.39 is 44.2 Å². The lowest BCUT2D eigenvalue weighted by molar-refractivity contribution is -0.122. The zero-order chi connectivity index (χ0) is 15.9. The highest BCUT2D eigenvalue weighted by Gasteiger charge is 2.41. The number of hydrogen-bond donors (Lipinski definition) is 1. The van der Waals surface area contributed by atoms with Crippen LogP contribution in [-0.2, 0) is 14.8 Å². The van der Waals surface area contributed by atoms with Crippen molar-refractivity contribution in [2.24, 2.45) is 17.6 Å². The Labute approximate surface area is 119 Å². The lowest BCUT2D eigenvalue weighted by Gasteiger charge is -2.17. The third-order valence-electron chi connectivity index (χ3n) is 3.51. The van der Waals surface area contributed by atoms with Gasteiger partial charge >= 0.3 is 0 Å². The topological polar surface area (TPSA) is 80.5 Å². The summed E-state index contributed by atoms with van der Waals surface area (Å²) in [4.78, 5) is 9.98. The molecule has 116 valence electrons. The van der Waals surface area contributed by atoms with Gasteiger partial charge in [-0.25, -0.2) is 21.6 Å². The van der Waals surface area contributed by atoms with E-state index in [9.17, 15) is 26.4 Å². The number of hydrogen-bond acceptors (Lipinski definition) is 3. The minimum Gasteiger partial charge on any atom is -0.369 e. The summed E-state index contributed by atoms with van der Waals surface area (Å²) in [5.74, 6) is -6.02. The van der Waals surface area contributed by atoms with Crippen LogP contribution < -0.4 is 5.73 Å². The van der Waals surface area contributed by atoms with Gasteiger partial charge in [0.15, 0.2) is 4.90 Å². The van der Waals surface area contributed by atoms with Gasteiger partial charge in [-0.3, -0.25) is 4.79 Å². The van der Waals surface area contributed by atoms with Crippen molar-refractivity contribution in [3.05, 3.63) is 29.6 Å². The highest BCUT2D eigenvalue weighted by Crippen LogP contribution is 2.30. The highest BCUT2D eigenvalue weighted by molar-refractivity contribution is 7.89. The molecule has 0 aromatic heterocycles. The molecule has 2 rings (SSSR count). The SMILES string of the molecule is C[C@@H]1CN(S(=O)(=O)c2c(F)cc(F)cc2F)C[C@H]1C(N)=O. The molecule has 2 atom stereocenters. The molecule has 0 spiro atoms. The fourth-order valence-corrected chi connectivity index (χ4v) is 4.05. The Morgan fingerprint density at radius 1 is 1.24 bits per heavy atom. The van der Waals surface area contributed by atoms with Crippen molar-refractivity contribution < 1.29 is 26.4 Å². The molecule has 1 aliphatic heterocycles. The predicted octanol–water partition coefficient (Wildman–Crippen LogP) is 0.846. The minimum atomic E-state index is -4.51. The van der Waals surface area contributed by atoms with Crippen LogP contribution in [0.15, 0.2) is 17.0 Å². The molecule has 0 radical (unpaired) electrons. The monoisotopic (exact) mass is 322 g/mol. The quantitative estimate of drug-likeness (QED) is 0.896. The van der Waals surface area contributed by atoms with Crippen LogP contribution in [-0.4, -0.2) is 31.7 Å². The summed E-state index contributed by atoms with van der Waals surface area (Å²) in [7, 11) is -4.51. The highest BCUT2D eigenvalue weighted by atomic mass is 32.2. The van der Waals surface area contributed by atoms with Crippen LogP contribution in [0.4, 0.5) is 13.2 Å². The van der Waals surface area contributed by atoms with E-state index in [1.165, 1.54) is 0 Å². The Hall–Kier alpha value is -1.61. The van der Waals surface area contributed by atoms with Gasteiger partial charge < -0.3 is 5.73 Å². The zero-order valence-electron chi connectivity index (χ0n) is 11.0. The normalized spacial score (nSPS) is 23.4. The Balaban J connectivity index is 2.43. The average molecular weight is 322 g/mol.